The van der Waals surface area contributed by atoms with Crippen LogP contribution in [0.1, 0.15) is 20.8 Å². The lowest BCUT2D eigenvalue weighted by atomic mass is 9.98. The normalized spacial score (nSPS) is 13.4. The number of benzene rings is 1. The van der Waals surface area contributed by atoms with Crippen molar-refractivity contribution in [3.8, 4) is 0 Å². The Bertz CT molecular complexity index is 703. The highest BCUT2D eigenvalue weighted by atomic mass is 32.2. The molecule has 0 heterocycles. The van der Waals surface area contributed by atoms with E-state index in [-0.39, 0.29) is 16.9 Å². The van der Waals surface area contributed by atoms with Crippen LogP contribution in [0.5, 0.6) is 0 Å². The van der Waals surface area contributed by atoms with Gasteiger partial charge in [-0.2, -0.15) is 0 Å². The Morgan fingerprint density at radius 1 is 1.15 bits per heavy atom. The molecule has 0 aliphatic rings. The molecule has 1 aromatic carbocycles. The zero-order valence-electron chi connectivity index (χ0n) is 11.8. The largest absolute Gasteiger partial charge is 0.243 e. The van der Waals surface area contributed by atoms with Crippen LogP contribution in [0.15, 0.2) is 28.0 Å². The maximum absolute atomic E-state index is 13.7. The van der Waals surface area contributed by atoms with Gasteiger partial charge in [-0.25, -0.2) is 25.9 Å². The molecule has 20 heavy (non-hydrogen) atoms. The first-order valence-electron chi connectivity index (χ1n) is 5.82. The van der Waals surface area contributed by atoms with Gasteiger partial charge in [-0.05, 0) is 23.6 Å². The van der Waals surface area contributed by atoms with E-state index in [1.165, 1.54) is 0 Å². The van der Waals surface area contributed by atoms with E-state index in [9.17, 15) is 21.2 Å². The summed E-state index contributed by atoms with van der Waals surface area (Å²) < 4.78 is 62.8. The molecule has 0 saturated heterocycles. The maximum Gasteiger partial charge on any atom is 0.243 e. The topological polar surface area (TPSA) is 80.3 Å². The van der Waals surface area contributed by atoms with Crippen LogP contribution < -0.4 is 4.72 Å². The van der Waals surface area contributed by atoms with Crippen molar-refractivity contribution in [2.75, 3.05) is 12.8 Å². The van der Waals surface area contributed by atoms with Crippen molar-refractivity contribution >= 4 is 19.9 Å². The number of hydrogen-bond acceptors (Lipinski definition) is 4. The van der Waals surface area contributed by atoms with Gasteiger partial charge in [0, 0.05) is 12.8 Å². The highest BCUT2D eigenvalue weighted by Crippen LogP contribution is 2.20. The average molecular weight is 323 g/mol. The molecule has 0 amide bonds. The molecule has 0 aromatic heterocycles. The van der Waals surface area contributed by atoms with E-state index in [0.717, 1.165) is 24.5 Å². The predicted molar refractivity (Wildman–Crippen MR) is 74.2 cm³/mol. The summed E-state index contributed by atoms with van der Waals surface area (Å²) in [4.78, 5) is -0.903. The summed E-state index contributed by atoms with van der Waals surface area (Å²) in [7, 11) is -7.70. The van der Waals surface area contributed by atoms with E-state index in [1.54, 1.807) is 0 Å². The molecule has 1 N–H and O–H groups in total. The van der Waals surface area contributed by atoms with Crippen molar-refractivity contribution < 1.29 is 21.2 Å². The van der Waals surface area contributed by atoms with Crippen molar-refractivity contribution in [3.63, 3.8) is 0 Å². The van der Waals surface area contributed by atoms with Crippen LogP contribution in [0.4, 0.5) is 4.39 Å². The van der Waals surface area contributed by atoms with Crippen LogP contribution in [-0.4, -0.2) is 29.6 Å². The van der Waals surface area contributed by atoms with Crippen molar-refractivity contribution in [3.05, 3.63) is 24.0 Å². The summed E-state index contributed by atoms with van der Waals surface area (Å²) >= 11 is 0. The van der Waals surface area contributed by atoms with Gasteiger partial charge in [0.1, 0.15) is 10.7 Å². The molecule has 0 unspecified atom stereocenters. The molecule has 1 rings (SSSR count). The molecule has 1 aromatic rings. The van der Waals surface area contributed by atoms with Crippen LogP contribution in [0, 0.1) is 11.2 Å². The van der Waals surface area contributed by atoms with Gasteiger partial charge < -0.3 is 0 Å². The fourth-order valence-corrected chi connectivity index (χ4v) is 3.42. The molecule has 8 heteroatoms. The van der Waals surface area contributed by atoms with E-state index < -0.39 is 30.6 Å². The first-order valence-corrected chi connectivity index (χ1v) is 9.20. The predicted octanol–water partition coefficient (Wildman–Crippen LogP) is 1.55. The van der Waals surface area contributed by atoms with E-state index >= 15 is 0 Å². The van der Waals surface area contributed by atoms with Crippen molar-refractivity contribution in [1.82, 2.24) is 4.72 Å². The minimum Gasteiger partial charge on any atom is -0.224 e. The van der Waals surface area contributed by atoms with Gasteiger partial charge in [0.15, 0.2) is 9.84 Å². The molecule has 0 aliphatic heterocycles. The number of sulfone groups is 1. The standard InChI is InChI=1S/C12H18FNO4S2/c1-12(2,3)8-14-20(17,18)11-7-9(19(4,15)16)5-6-10(11)13/h5-7,14H,8H2,1-4H3. The Kier molecular flexibility index (Phi) is 4.62. The van der Waals surface area contributed by atoms with Crippen LogP contribution in [-0.2, 0) is 19.9 Å². The summed E-state index contributed by atoms with van der Waals surface area (Å²) in [6.45, 7) is 5.56. The molecule has 0 spiro atoms. The second-order valence-electron chi connectivity index (χ2n) is 5.75. The van der Waals surface area contributed by atoms with Gasteiger partial charge in [-0.15, -0.1) is 0 Å². The van der Waals surface area contributed by atoms with Crippen molar-refractivity contribution in [2.45, 2.75) is 30.6 Å². The van der Waals surface area contributed by atoms with Gasteiger partial charge in [0.25, 0.3) is 0 Å². The third-order valence-electron chi connectivity index (χ3n) is 2.41. The first-order chi connectivity index (χ1) is 8.83. The molecule has 5 nitrogen and oxygen atoms in total. The zero-order valence-corrected chi connectivity index (χ0v) is 13.4. The smallest absolute Gasteiger partial charge is 0.224 e. The Morgan fingerprint density at radius 2 is 1.70 bits per heavy atom. The Hall–Kier alpha value is -0.990. The molecule has 0 bridgehead atoms. The Labute approximate surface area is 119 Å². The lowest BCUT2D eigenvalue weighted by Crippen LogP contribution is -2.32. The van der Waals surface area contributed by atoms with Crippen molar-refractivity contribution in [1.29, 1.82) is 0 Å². The van der Waals surface area contributed by atoms with Crippen LogP contribution in [0.25, 0.3) is 0 Å². The van der Waals surface area contributed by atoms with E-state index in [2.05, 4.69) is 4.72 Å². The molecular formula is C12H18FNO4S2. The SMILES string of the molecule is CC(C)(C)CNS(=O)(=O)c1cc(S(C)(=O)=O)ccc1F. The van der Waals surface area contributed by atoms with E-state index in [0.29, 0.717) is 0 Å². The Balaban J connectivity index is 3.25. The quantitative estimate of drug-likeness (QED) is 0.853. The Morgan fingerprint density at radius 3 is 2.15 bits per heavy atom. The third-order valence-corrected chi connectivity index (χ3v) is 4.94. The van der Waals surface area contributed by atoms with Gasteiger partial charge in [0.05, 0.1) is 4.90 Å². The number of rotatable bonds is 4. The maximum atomic E-state index is 13.7. The summed E-state index contributed by atoms with van der Waals surface area (Å²) in [6, 6.07) is 2.70. The van der Waals surface area contributed by atoms with E-state index in [4.69, 9.17) is 0 Å². The van der Waals surface area contributed by atoms with Gasteiger partial charge in [0.2, 0.25) is 10.0 Å². The highest BCUT2D eigenvalue weighted by molar-refractivity contribution is 7.91. The number of nitrogens with one attached hydrogen (secondary N) is 1. The van der Waals surface area contributed by atoms with Crippen LogP contribution >= 0.6 is 0 Å². The van der Waals surface area contributed by atoms with Gasteiger partial charge in [-0.3, -0.25) is 0 Å². The minimum absolute atomic E-state index is 0.109. The fraction of sp³-hybridized carbons (Fsp3) is 0.500. The summed E-state index contributed by atoms with van der Waals surface area (Å²) in [6.07, 6.45) is 0.930. The monoisotopic (exact) mass is 323 g/mol. The molecule has 0 aliphatic carbocycles. The third kappa shape index (κ3) is 4.53. The van der Waals surface area contributed by atoms with Gasteiger partial charge in [-0.1, -0.05) is 20.8 Å². The lowest BCUT2D eigenvalue weighted by Gasteiger charge is -2.19. The summed E-state index contributed by atoms with van der Waals surface area (Å²) in [5.41, 5.74) is -0.321. The van der Waals surface area contributed by atoms with Crippen molar-refractivity contribution in [2.24, 2.45) is 5.41 Å². The number of halogens is 1. The molecular weight excluding hydrogens is 305 g/mol. The molecule has 0 atom stereocenters. The second kappa shape index (κ2) is 5.42. The second-order valence-corrected chi connectivity index (χ2v) is 9.50. The molecule has 0 fully saturated rings. The van der Waals surface area contributed by atoms with Crippen LogP contribution in [0.2, 0.25) is 0 Å². The minimum atomic E-state index is -4.10. The number of hydrogen-bond donors (Lipinski definition) is 1. The first kappa shape index (κ1) is 17.1. The molecule has 0 saturated carbocycles. The molecule has 114 valence electrons. The summed E-state index contributed by atoms with van der Waals surface area (Å²) in [5, 5.41) is 0. The lowest BCUT2D eigenvalue weighted by molar-refractivity contribution is 0.407. The highest BCUT2D eigenvalue weighted by Gasteiger charge is 2.23. The average Bonchev–Trinajstić information content (AvgIpc) is 2.24. The number of sulfonamides is 1. The zero-order chi connectivity index (χ0) is 15.8. The van der Waals surface area contributed by atoms with E-state index in [1.807, 2.05) is 20.8 Å². The van der Waals surface area contributed by atoms with Crippen LogP contribution in [0.3, 0.4) is 0 Å². The molecule has 0 radical (unpaired) electrons. The summed E-state index contributed by atoms with van der Waals surface area (Å²) in [5.74, 6) is -0.987. The van der Waals surface area contributed by atoms with Gasteiger partial charge >= 0.3 is 0 Å². The fourth-order valence-electron chi connectivity index (χ4n) is 1.31.